The van der Waals surface area contributed by atoms with Gasteiger partial charge in [0, 0.05) is 17.2 Å². The molecule has 17 heavy (non-hydrogen) atoms. The summed E-state index contributed by atoms with van der Waals surface area (Å²) in [5, 5.41) is 7.24. The number of carbonyl (C=O) groups is 1. The molecule has 0 bridgehead atoms. The van der Waals surface area contributed by atoms with Crippen LogP contribution in [0.15, 0.2) is 0 Å². The molecule has 2 N–H and O–H groups in total. The van der Waals surface area contributed by atoms with E-state index in [1.54, 1.807) is 0 Å². The fourth-order valence-corrected chi connectivity index (χ4v) is 3.81. The van der Waals surface area contributed by atoms with Crippen molar-refractivity contribution in [1.29, 1.82) is 0 Å². The predicted octanol–water partition coefficient (Wildman–Crippen LogP) is 1.63. The van der Waals surface area contributed by atoms with Crippen LogP contribution in [0.2, 0.25) is 0 Å². The van der Waals surface area contributed by atoms with Gasteiger partial charge in [-0.05, 0) is 44.0 Å². The van der Waals surface area contributed by atoms with Crippen molar-refractivity contribution in [2.24, 2.45) is 11.8 Å². The van der Waals surface area contributed by atoms with Gasteiger partial charge in [-0.3, -0.25) is 4.79 Å². The molecular formula is C13H24N2OS. The van der Waals surface area contributed by atoms with E-state index in [1.165, 1.54) is 25.0 Å². The normalized spacial score (nSPS) is 30.9. The van der Waals surface area contributed by atoms with E-state index in [2.05, 4.69) is 24.5 Å². The number of thioether (sulfide) groups is 1. The van der Waals surface area contributed by atoms with Gasteiger partial charge < -0.3 is 10.6 Å². The second-order valence-electron chi connectivity index (χ2n) is 5.30. The van der Waals surface area contributed by atoms with Gasteiger partial charge in [-0.15, -0.1) is 0 Å². The van der Waals surface area contributed by atoms with Crippen LogP contribution in [0.3, 0.4) is 0 Å². The number of nitrogens with one attached hydrogen (secondary N) is 2. The third-order valence-corrected chi connectivity index (χ3v) is 5.30. The van der Waals surface area contributed by atoms with E-state index < -0.39 is 0 Å². The Balaban J connectivity index is 1.71. The third kappa shape index (κ3) is 3.38. The van der Waals surface area contributed by atoms with E-state index in [0.717, 1.165) is 18.3 Å². The van der Waals surface area contributed by atoms with Gasteiger partial charge >= 0.3 is 0 Å². The summed E-state index contributed by atoms with van der Waals surface area (Å²) in [5.74, 6) is 2.19. The molecule has 2 aliphatic rings. The molecule has 1 heterocycles. The first-order chi connectivity index (χ1) is 8.20. The number of carbonyl (C=O) groups excluding carboxylic acids is 1. The van der Waals surface area contributed by atoms with Crippen molar-refractivity contribution in [2.75, 3.05) is 18.8 Å². The van der Waals surface area contributed by atoms with Gasteiger partial charge in [-0.25, -0.2) is 0 Å². The summed E-state index contributed by atoms with van der Waals surface area (Å²) in [6, 6.07) is 0.432. The number of hydrogen-bond acceptors (Lipinski definition) is 3. The molecule has 3 nitrogen and oxygen atoms in total. The molecule has 0 aromatic carbocycles. The molecule has 3 atom stereocenters. The standard InChI is InChI=1S/C13H24N2OS/c1-3-17-12-5-4-11(6-12)15-13(16)9(2)10-7-14-8-10/h9-12,14H,3-8H2,1-2H3,(H,15,16). The van der Waals surface area contributed by atoms with Crippen LogP contribution in [-0.4, -0.2) is 36.0 Å². The maximum atomic E-state index is 12.1. The molecule has 2 rings (SSSR count). The summed E-state index contributed by atoms with van der Waals surface area (Å²) >= 11 is 2.04. The first-order valence-corrected chi connectivity index (χ1v) is 7.88. The maximum Gasteiger partial charge on any atom is 0.223 e. The highest BCUT2D eigenvalue weighted by Gasteiger charge is 2.31. The van der Waals surface area contributed by atoms with Gasteiger partial charge in [0.15, 0.2) is 0 Å². The summed E-state index contributed by atoms with van der Waals surface area (Å²) in [6.07, 6.45) is 3.60. The highest BCUT2D eigenvalue weighted by molar-refractivity contribution is 7.99. The number of hydrogen-bond donors (Lipinski definition) is 2. The van der Waals surface area contributed by atoms with E-state index in [4.69, 9.17) is 0 Å². The maximum absolute atomic E-state index is 12.1. The Morgan fingerprint density at radius 2 is 2.24 bits per heavy atom. The van der Waals surface area contributed by atoms with E-state index in [9.17, 15) is 4.79 Å². The Hall–Kier alpha value is -0.220. The molecule has 98 valence electrons. The lowest BCUT2D eigenvalue weighted by Gasteiger charge is -2.32. The lowest BCUT2D eigenvalue weighted by molar-refractivity contribution is -0.127. The summed E-state index contributed by atoms with van der Waals surface area (Å²) < 4.78 is 0. The first-order valence-electron chi connectivity index (χ1n) is 6.83. The van der Waals surface area contributed by atoms with Gasteiger partial charge in [0.25, 0.3) is 0 Å². The van der Waals surface area contributed by atoms with Crippen LogP contribution >= 0.6 is 11.8 Å². The average molecular weight is 256 g/mol. The monoisotopic (exact) mass is 256 g/mol. The van der Waals surface area contributed by atoms with Crippen LogP contribution in [0, 0.1) is 11.8 Å². The van der Waals surface area contributed by atoms with Crippen LogP contribution < -0.4 is 10.6 Å². The number of rotatable bonds is 5. The third-order valence-electron chi connectivity index (χ3n) is 4.07. The van der Waals surface area contributed by atoms with Crippen LogP contribution in [0.4, 0.5) is 0 Å². The molecule has 2 fully saturated rings. The molecule has 1 aliphatic heterocycles. The molecular weight excluding hydrogens is 232 g/mol. The lowest BCUT2D eigenvalue weighted by atomic mass is 9.88. The zero-order valence-electron chi connectivity index (χ0n) is 10.9. The zero-order chi connectivity index (χ0) is 12.3. The molecule has 0 spiro atoms. The zero-order valence-corrected chi connectivity index (χ0v) is 11.7. The van der Waals surface area contributed by atoms with Crippen molar-refractivity contribution >= 4 is 17.7 Å². The van der Waals surface area contributed by atoms with Crippen molar-refractivity contribution in [1.82, 2.24) is 10.6 Å². The Labute approximate surface area is 108 Å². The first kappa shape index (κ1) is 13.2. The predicted molar refractivity (Wildman–Crippen MR) is 73.2 cm³/mol. The highest BCUT2D eigenvalue weighted by Crippen LogP contribution is 2.30. The van der Waals surface area contributed by atoms with Gasteiger partial charge in [-0.1, -0.05) is 13.8 Å². The van der Waals surface area contributed by atoms with Crippen LogP contribution in [-0.2, 0) is 4.79 Å². The molecule has 3 unspecified atom stereocenters. The minimum Gasteiger partial charge on any atom is -0.353 e. The van der Waals surface area contributed by atoms with Crippen LogP contribution in [0.1, 0.15) is 33.1 Å². The fraction of sp³-hybridized carbons (Fsp3) is 0.923. The molecule has 0 aromatic rings. The van der Waals surface area contributed by atoms with E-state index in [0.29, 0.717) is 12.0 Å². The van der Waals surface area contributed by atoms with Gasteiger partial charge in [-0.2, -0.15) is 11.8 Å². The van der Waals surface area contributed by atoms with Crippen molar-refractivity contribution in [3.05, 3.63) is 0 Å². The van der Waals surface area contributed by atoms with E-state index >= 15 is 0 Å². The highest BCUT2D eigenvalue weighted by atomic mass is 32.2. The average Bonchev–Trinajstić information content (AvgIpc) is 2.63. The van der Waals surface area contributed by atoms with Gasteiger partial charge in [0.2, 0.25) is 5.91 Å². The number of amides is 1. The van der Waals surface area contributed by atoms with Crippen molar-refractivity contribution in [3.8, 4) is 0 Å². The Morgan fingerprint density at radius 1 is 1.47 bits per heavy atom. The van der Waals surface area contributed by atoms with Crippen molar-refractivity contribution in [2.45, 2.75) is 44.4 Å². The Kier molecular flexibility index (Phi) is 4.74. The largest absolute Gasteiger partial charge is 0.353 e. The summed E-state index contributed by atoms with van der Waals surface area (Å²) in [7, 11) is 0. The fourth-order valence-electron chi connectivity index (χ4n) is 2.67. The van der Waals surface area contributed by atoms with Crippen molar-refractivity contribution in [3.63, 3.8) is 0 Å². The summed E-state index contributed by atoms with van der Waals surface area (Å²) in [6.45, 7) is 6.29. The summed E-state index contributed by atoms with van der Waals surface area (Å²) in [4.78, 5) is 12.1. The Bertz CT molecular complexity index is 268. The van der Waals surface area contributed by atoms with E-state index in [-0.39, 0.29) is 11.8 Å². The lowest BCUT2D eigenvalue weighted by Crippen LogP contribution is -2.50. The smallest absolute Gasteiger partial charge is 0.223 e. The molecule has 1 aliphatic carbocycles. The molecule has 0 radical (unpaired) electrons. The Morgan fingerprint density at radius 3 is 2.82 bits per heavy atom. The molecule has 1 saturated heterocycles. The molecule has 0 aromatic heterocycles. The second kappa shape index (κ2) is 6.10. The minimum absolute atomic E-state index is 0.175. The molecule has 4 heteroatoms. The van der Waals surface area contributed by atoms with E-state index in [1.807, 2.05) is 11.8 Å². The quantitative estimate of drug-likeness (QED) is 0.785. The van der Waals surface area contributed by atoms with Crippen molar-refractivity contribution < 1.29 is 4.79 Å². The summed E-state index contributed by atoms with van der Waals surface area (Å²) in [5.41, 5.74) is 0. The molecule has 1 amide bonds. The SMILES string of the molecule is CCSC1CCC(NC(=O)C(C)C2CNC2)C1. The van der Waals surface area contributed by atoms with Gasteiger partial charge in [0.1, 0.15) is 0 Å². The minimum atomic E-state index is 0.175. The van der Waals surface area contributed by atoms with Crippen LogP contribution in [0.5, 0.6) is 0 Å². The van der Waals surface area contributed by atoms with Gasteiger partial charge in [0.05, 0.1) is 0 Å². The second-order valence-corrected chi connectivity index (χ2v) is 6.88. The van der Waals surface area contributed by atoms with Crippen LogP contribution in [0.25, 0.3) is 0 Å². The topological polar surface area (TPSA) is 41.1 Å². The molecule has 1 saturated carbocycles.